The molecule has 0 saturated heterocycles. The molecule has 0 unspecified atom stereocenters. The highest BCUT2D eigenvalue weighted by molar-refractivity contribution is 6.31. The van der Waals surface area contributed by atoms with Crippen LogP contribution in [0.25, 0.3) is 0 Å². The van der Waals surface area contributed by atoms with E-state index in [4.69, 9.17) is 11.6 Å². The van der Waals surface area contributed by atoms with Crippen molar-refractivity contribution < 1.29 is 4.39 Å². The van der Waals surface area contributed by atoms with E-state index >= 15 is 0 Å². The van der Waals surface area contributed by atoms with Crippen molar-refractivity contribution in [2.45, 2.75) is 58.3 Å². The quantitative estimate of drug-likeness (QED) is 0.609. The second kappa shape index (κ2) is 8.63. The van der Waals surface area contributed by atoms with Gasteiger partial charge in [-0.15, -0.1) is 0 Å². The third-order valence-corrected chi connectivity index (χ3v) is 4.16. The molecule has 0 aromatic heterocycles. The van der Waals surface area contributed by atoms with Crippen molar-refractivity contribution in [3.8, 4) is 0 Å². The fraction of sp³-hybridized carbons (Fsp3) is 0.647. The van der Waals surface area contributed by atoms with Crippen molar-refractivity contribution in [1.29, 1.82) is 0 Å². The molecule has 1 nitrogen and oxygen atoms in total. The summed E-state index contributed by atoms with van der Waals surface area (Å²) in [5.74, 6) is -0.262. The Morgan fingerprint density at radius 3 is 2.25 bits per heavy atom. The largest absolute Gasteiger partial charge is 0.316 e. The summed E-state index contributed by atoms with van der Waals surface area (Å²) < 4.78 is 13.3. The van der Waals surface area contributed by atoms with Gasteiger partial charge in [-0.1, -0.05) is 51.3 Å². The van der Waals surface area contributed by atoms with Crippen molar-refractivity contribution in [3.63, 3.8) is 0 Å². The summed E-state index contributed by atoms with van der Waals surface area (Å²) >= 11 is 6.33. The maximum absolute atomic E-state index is 13.3. The molecule has 0 heterocycles. The lowest BCUT2D eigenvalue weighted by Crippen LogP contribution is -2.39. The third-order valence-electron chi connectivity index (χ3n) is 3.85. The molecule has 0 radical (unpaired) electrons. The predicted molar refractivity (Wildman–Crippen MR) is 86.1 cm³/mol. The van der Waals surface area contributed by atoms with Gasteiger partial charge in [0.25, 0.3) is 0 Å². The van der Waals surface area contributed by atoms with Crippen LogP contribution in [0.1, 0.15) is 58.4 Å². The molecule has 1 rings (SSSR count). The van der Waals surface area contributed by atoms with E-state index in [1.165, 1.54) is 12.1 Å². The van der Waals surface area contributed by atoms with E-state index in [2.05, 4.69) is 26.1 Å². The fourth-order valence-electron chi connectivity index (χ4n) is 3.05. The molecule has 0 aliphatic rings. The van der Waals surface area contributed by atoms with E-state index in [-0.39, 0.29) is 11.2 Å². The Balaban J connectivity index is 3.10. The van der Waals surface area contributed by atoms with Gasteiger partial charge < -0.3 is 5.32 Å². The number of rotatable bonds is 9. The van der Waals surface area contributed by atoms with Crippen LogP contribution in [0.5, 0.6) is 0 Å². The van der Waals surface area contributed by atoms with Crippen molar-refractivity contribution >= 4 is 11.6 Å². The summed E-state index contributed by atoms with van der Waals surface area (Å²) in [7, 11) is 0. The summed E-state index contributed by atoms with van der Waals surface area (Å²) in [5.41, 5.74) is 1.11. The second-order valence-electron chi connectivity index (χ2n) is 5.58. The molecule has 0 aliphatic heterocycles. The number of hydrogen-bond donors (Lipinski definition) is 1. The molecule has 0 aliphatic carbocycles. The van der Waals surface area contributed by atoms with Gasteiger partial charge in [-0.2, -0.15) is 0 Å². The molecule has 1 N–H and O–H groups in total. The van der Waals surface area contributed by atoms with E-state index in [1.54, 1.807) is 0 Å². The first-order valence-corrected chi connectivity index (χ1v) is 8.13. The lowest BCUT2D eigenvalue weighted by molar-refractivity contribution is 0.335. The first-order chi connectivity index (χ1) is 9.59. The smallest absolute Gasteiger partial charge is 0.124 e. The van der Waals surface area contributed by atoms with Crippen molar-refractivity contribution in [2.24, 2.45) is 0 Å². The molecule has 0 spiro atoms. The van der Waals surface area contributed by atoms with E-state index in [9.17, 15) is 4.39 Å². The first kappa shape index (κ1) is 17.5. The van der Waals surface area contributed by atoms with Crippen LogP contribution < -0.4 is 5.32 Å². The van der Waals surface area contributed by atoms with E-state index < -0.39 is 0 Å². The van der Waals surface area contributed by atoms with Gasteiger partial charge in [-0.25, -0.2) is 4.39 Å². The maximum atomic E-state index is 13.3. The Kier molecular flexibility index (Phi) is 7.53. The summed E-state index contributed by atoms with van der Waals surface area (Å²) in [6, 6.07) is 4.84. The molecule has 0 saturated carbocycles. The van der Waals surface area contributed by atoms with E-state index in [0.29, 0.717) is 5.02 Å². The molecule has 3 heteroatoms. The molecule has 0 amide bonds. The Bertz CT molecular complexity index is 400. The predicted octanol–water partition coefficient (Wildman–Crippen LogP) is 5.32. The Labute approximate surface area is 127 Å². The van der Waals surface area contributed by atoms with Gasteiger partial charge in [-0.05, 0) is 43.5 Å². The minimum Gasteiger partial charge on any atom is -0.316 e. The summed E-state index contributed by atoms with van der Waals surface area (Å²) in [5, 5.41) is 4.09. The van der Waals surface area contributed by atoms with Crippen LogP contribution >= 0.6 is 11.6 Å². The molecule has 114 valence electrons. The molecule has 0 bridgehead atoms. The highest BCUT2D eigenvalue weighted by Crippen LogP contribution is 2.38. The average molecular weight is 300 g/mol. The van der Waals surface area contributed by atoms with E-state index in [1.807, 2.05) is 6.07 Å². The molecular weight excluding hydrogens is 273 g/mol. The van der Waals surface area contributed by atoms with Gasteiger partial charge in [-0.3, -0.25) is 0 Å². The van der Waals surface area contributed by atoms with Crippen LogP contribution in [0.4, 0.5) is 4.39 Å². The van der Waals surface area contributed by atoms with Crippen LogP contribution in [0, 0.1) is 5.82 Å². The van der Waals surface area contributed by atoms with Crippen LogP contribution in [-0.4, -0.2) is 13.1 Å². The van der Waals surface area contributed by atoms with Crippen molar-refractivity contribution in [1.82, 2.24) is 5.32 Å². The van der Waals surface area contributed by atoms with Gasteiger partial charge in [0.05, 0.1) is 0 Å². The highest BCUT2D eigenvalue weighted by Gasteiger charge is 2.32. The molecule has 1 aromatic carbocycles. The van der Waals surface area contributed by atoms with Gasteiger partial charge in [0.2, 0.25) is 0 Å². The lowest BCUT2D eigenvalue weighted by Gasteiger charge is -2.35. The van der Waals surface area contributed by atoms with Gasteiger partial charge >= 0.3 is 0 Å². The number of hydrogen-bond acceptors (Lipinski definition) is 1. The van der Waals surface area contributed by atoms with Gasteiger partial charge in [0, 0.05) is 17.0 Å². The lowest BCUT2D eigenvalue weighted by atomic mass is 9.73. The standard InChI is InChI=1S/C17H27ClFN/c1-4-9-17(10-5-2,13-20-11-6-3)15-8-7-14(19)12-16(15)18/h7-8,12,20H,4-6,9-11,13H2,1-3H3. The van der Waals surface area contributed by atoms with Crippen molar-refractivity contribution in [2.75, 3.05) is 13.1 Å². The van der Waals surface area contributed by atoms with Gasteiger partial charge in [0.15, 0.2) is 0 Å². The van der Waals surface area contributed by atoms with Gasteiger partial charge in [0.1, 0.15) is 5.82 Å². The zero-order valence-electron chi connectivity index (χ0n) is 12.9. The second-order valence-corrected chi connectivity index (χ2v) is 5.99. The minimum atomic E-state index is -0.262. The minimum absolute atomic E-state index is 0.0173. The third kappa shape index (κ3) is 4.46. The summed E-state index contributed by atoms with van der Waals surface area (Å²) in [6.45, 7) is 8.48. The van der Waals surface area contributed by atoms with Crippen LogP contribution in [0.15, 0.2) is 18.2 Å². The normalized spacial score (nSPS) is 11.8. The molecular formula is C17H27ClFN. The molecule has 1 aromatic rings. The maximum Gasteiger partial charge on any atom is 0.124 e. The van der Waals surface area contributed by atoms with Crippen LogP contribution in [0.3, 0.4) is 0 Å². The molecule has 0 fully saturated rings. The van der Waals surface area contributed by atoms with Crippen LogP contribution in [0.2, 0.25) is 5.02 Å². The van der Waals surface area contributed by atoms with Crippen LogP contribution in [-0.2, 0) is 5.41 Å². The Hall–Kier alpha value is -0.600. The molecule has 0 atom stereocenters. The fourth-order valence-corrected chi connectivity index (χ4v) is 3.42. The zero-order chi connectivity index (χ0) is 15.0. The topological polar surface area (TPSA) is 12.0 Å². The number of nitrogens with one attached hydrogen (secondary N) is 1. The Morgan fingerprint density at radius 1 is 1.10 bits per heavy atom. The monoisotopic (exact) mass is 299 g/mol. The SMILES string of the molecule is CCCNCC(CCC)(CCC)c1ccc(F)cc1Cl. The van der Waals surface area contributed by atoms with E-state index in [0.717, 1.165) is 50.8 Å². The summed E-state index contributed by atoms with van der Waals surface area (Å²) in [6.07, 6.45) is 5.46. The van der Waals surface area contributed by atoms with Crippen molar-refractivity contribution in [3.05, 3.63) is 34.6 Å². The Morgan fingerprint density at radius 2 is 1.75 bits per heavy atom. The summed E-state index contributed by atoms with van der Waals surface area (Å²) in [4.78, 5) is 0. The highest BCUT2D eigenvalue weighted by atomic mass is 35.5. The molecule has 20 heavy (non-hydrogen) atoms. The average Bonchev–Trinajstić information content (AvgIpc) is 2.39. The number of benzene rings is 1. The number of halogens is 2. The first-order valence-electron chi connectivity index (χ1n) is 7.76. The zero-order valence-corrected chi connectivity index (χ0v) is 13.7.